The summed E-state index contributed by atoms with van der Waals surface area (Å²) in [5.74, 6) is 2.68. The van der Waals surface area contributed by atoms with Crippen LogP contribution in [0, 0.1) is 11.8 Å². The van der Waals surface area contributed by atoms with Crippen LogP contribution in [0.2, 0.25) is 0 Å². The van der Waals surface area contributed by atoms with Gasteiger partial charge in [-0.1, -0.05) is 19.9 Å². The first-order chi connectivity index (χ1) is 11.6. The van der Waals surface area contributed by atoms with E-state index in [1.165, 1.54) is 18.4 Å². The third kappa shape index (κ3) is 7.90. The van der Waals surface area contributed by atoms with Gasteiger partial charge in [-0.3, -0.25) is 9.98 Å². The SMILES string of the molecule is CN=C(NCC(c1cccnc1)C(C)C)N(C)CCOCC1CC1.I. The molecule has 1 saturated carbocycles. The molecule has 1 aliphatic rings. The van der Waals surface area contributed by atoms with Crippen LogP contribution in [-0.4, -0.2) is 56.2 Å². The van der Waals surface area contributed by atoms with Crippen molar-refractivity contribution in [2.45, 2.75) is 32.6 Å². The van der Waals surface area contributed by atoms with Gasteiger partial charge < -0.3 is 15.0 Å². The van der Waals surface area contributed by atoms with Crippen LogP contribution in [0.15, 0.2) is 29.5 Å². The molecule has 0 saturated heterocycles. The minimum Gasteiger partial charge on any atom is -0.379 e. The molecule has 0 radical (unpaired) electrons. The molecule has 6 heteroatoms. The van der Waals surface area contributed by atoms with Crippen molar-refractivity contribution in [1.82, 2.24) is 15.2 Å². The van der Waals surface area contributed by atoms with E-state index in [0.29, 0.717) is 11.8 Å². The van der Waals surface area contributed by atoms with Crippen LogP contribution >= 0.6 is 24.0 Å². The van der Waals surface area contributed by atoms with Gasteiger partial charge in [0.2, 0.25) is 0 Å². The van der Waals surface area contributed by atoms with E-state index in [1.54, 1.807) is 0 Å². The summed E-state index contributed by atoms with van der Waals surface area (Å²) in [5, 5.41) is 3.50. The van der Waals surface area contributed by atoms with E-state index in [1.807, 2.05) is 25.5 Å². The van der Waals surface area contributed by atoms with E-state index in [-0.39, 0.29) is 24.0 Å². The predicted octanol–water partition coefficient (Wildman–Crippen LogP) is 3.37. The number of pyridine rings is 1. The summed E-state index contributed by atoms with van der Waals surface area (Å²) in [5.41, 5.74) is 1.27. The van der Waals surface area contributed by atoms with Crippen LogP contribution in [0.5, 0.6) is 0 Å². The largest absolute Gasteiger partial charge is 0.379 e. The molecule has 0 bridgehead atoms. The van der Waals surface area contributed by atoms with E-state index in [4.69, 9.17) is 4.74 Å². The minimum atomic E-state index is 0. The number of ether oxygens (including phenoxy) is 1. The molecule has 0 amide bonds. The highest BCUT2D eigenvalue weighted by molar-refractivity contribution is 14.0. The summed E-state index contributed by atoms with van der Waals surface area (Å²) in [6.45, 7) is 7.87. The topological polar surface area (TPSA) is 49.8 Å². The zero-order valence-electron chi connectivity index (χ0n) is 15.9. The highest BCUT2D eigenvalue weighted by atomic mass is 127. The van der Waals surface area contributed by atoms with E-state index >= 15 is 0 Å². The van der Waals surface area contributed by atoms with Crippen LogP contribution in [0.1, 0.15) is 38.2 Å². The Morgan fingerprint density at radius 3 is 2.76 bits per heavy atom. The normalized spacial score (nSPS) is 15.6. The average molecular weight is 460 g/mol. The zero-order chi connectivity index (χ0) is 17.4. The molecule has 1 aliphatic carbocycles. The molecular formula is C19H33IN4O. The second kappa shape index (κ2) is 11.7. The number of halogens is 1. The standard InChI is InChI=1S/C19H32N4O.HI/c1-15(2)18(17-6-5-9-21-12-17)13-22-19(20-3)23(4)10-11-24-14-16-7-8-16;/h5-6,9,12,15-16,18H,7-8,10-11,13-14H2,1-4H3,(H,20,22);1H. The van der Waals surface area contributed by atoms with E-state index in [0.717, 1.165) is 38.2 Å². The maximum absolute atomic E-state index is 5.72. The predicted molar refractivity (Wildman–Crippen MR) is 115 cm³/mol. The molecule has 2 rings (SSSR count). The summed E-state index contributed by atoms with van der Waals surface area (Å²) in [6.07, 6.45) is 6.46. The molecule has 1 N–H and O–H groups in total. The fourth-order valence-corrected chi connectivity index (χ4v) is 2.76. The van der Waals surface area contributed by atoms with Crippen LogP contribution < -0.4 is 5.32 Å². The van der Waals surface area contributed by atoms with Gasteiger partial charge in [0.1, 0.15) is 0 Å². The van der Waals surface area contributed by atoms with Gasteiger partial charge in [0.25, 0.3) is 0 Å². The lowest BCUT2D eigenvalue weighted by Gasteiger charge is -2.26. The monoisotopic (exact) mass is 460 g/mol. The quantitative estimate of drug-likeness (QED) is 0.266. The van der Waals surface area contributed by atoms with Crippen LogP contribution in [0.3, 0.4) is 0 Å². The van der Waals surface area contributed by atoms with Gasteiger partial charge >= 0.3 is 0 Å². The summed E-state index contributed by atoms with van der Waals surface area (Å²) in [6, 6.07) is 4.15. The van der Waals surface area contributed by atoms with Crippen LogP contribution in [0.4, 0.5) is 0 Å². The fraction of sp³-hybridized carbons (Fsp3) is 0.684. The Bertz CT molecular complexity index is 505. The third-order valence-corrected chi connectivity index (χ3v) is 4.59. The number of aliphatic imine (C=N–C) groups is 1. The van der Waals surface area contributed by atoms with E-state index in [9.17, 15) is 0 Å². The van der Waals surface area contributed by atoms with Gasteiger partial charge in [-0.15, -0.1) is 24.0 Å². The molecule has 142 valence electrons. The highest BCUT2D eigenvalue weighted by Crippen LogP contribution is 2.28. The Morgan fingerprint density at radius 2 is 2.20 bits per heavy atom. The second-order valence-corrected chi connectivity index (χ2v) is 7.00. The van der Waals surface area contributed by atoms with E-state index < -0.39 is 0 Å². The minimum absolute atomic E-state index is 0. The molecule has 1 atom stereocenters. The van der Waals surface area contributed by atoms with Gasteiger partial charge in [0, 0.05) is 52.1 Å². The third-order valence-electron chi connectivity index (χ3n) is 4.59. The Balaban J connectivity index is 0.00000312. The lowest BCUT2D eigenvalue weighted by molar-refractivity contribution is 0.115. The lowest BCUT2D eigenvalue weighted by Crippen LogP contribution is -2.42. The summed E-state index contributed by atoms with van der Waals surface area (Å²) < 4.78 is 5.72. The first-order valence-corrected chi connectivity index (χ1v) is 9.01. The van der Waals surface area contributed by atoms with Crippen molar-refractivity contribution in [3.05, 3.63) is 30.1 Å². The number of likely N-dealkylation sites (N-methyl/N-ethyl adjacent to an activating group) is 1. The number of hydrogen-bond donors (Lipinski definition) is 1. The fourth-order valence-electron chi connectivity index (χ4n) is 2.76. The van der Waals surface area contributed by atoms with Crippen molar-refractivity contribution in [2.24, 2.45) is 16.8 Å². The van der Waals surface area contributed by atoms with Gasteiger partial charge in [0.15, 0.2) is 5.96 Å². The van der Waals surface area contributed by atoms with Gasteiger partial charge in [0.05, 0.1) is 6.61 Å². The Kier molecular flexibility index (Phi) is 10.3. The molecule has 0 aliphatic heterocycles. The highest BCUT2D eigenvalue weighted by Gasteiger charge is 2.21. The Hall–Kier alpha value is -0.890. The smallest absolute Gasteiger partial charge is 0.193 e. The Labute approximate surface area is 169 Å². The molecule has 5 nitrogen and oxygen atoms in total. The van der Waals surface area contributed by atoms with Crippen molar-refractivity contribution >= 4 is 29.9 Å². The summed E-state index contributed by atoms with van der Waals surface area (Å²) in [7, 11) is 3.89. The number of nitrogens with one attached hydrogen (secondary N) is 1. The van der Waals surface area contributed by atoms with Crippen LogP contribution in [-0.2, 0) is 4.74 Å². The van der Waals surface area contributed by atoms with Crippen molar-refractivity contribution in [3.8, 4) is 0 Å². The molecular weight excluding hydrogens is 427 g/mol. The molecule has 25 heavy (non-hydrogen) atoms. The average Bonchev–Trinajstić information content (AvgIpc) is 3.40. The van der Waals surface area contributed by atoms with Crippen molar-refractivity contribution in [1.29, 1.82) is 0 Å². The van der Waals surface area contributed by atoms with Gasteiger partial charge in [-0.25, -0.2) is 0 Å². The zero-order valence-corrected chi connectivity index (χ0v) is 18.3. The number of nitrogens with zero attached hydrogens (tertiary/aromatic N) is 3. The molecule has 1 unspecified atom stereocenters. The lowest BCUT2D eigenvalue weighted by atomic mass is 9.89. The molecule has 1 aromatic heterocycles. The molecule has 0 spiro atoms. The van der Waals surface area contributed by atoms with Crippen molar-refractivity contribution in [3.63, 3.8) is 0 Å². The van der Waals surface area contributed by atoms with Gasteiger partial charge in [-0.2, -0.15) is 0 Å². The number of rotatable bonds is 9. The number of guanidine groups is 1. The molecule has 0 aromatic carbocycles. The number of aromatic nitrogens is 1. The maximum atomic E-state index is 5.72. The molecule has 1 aromatic rings. The van der Waals surface area contributed by atoms with Crippen molar-refractivity contribution < 1.29 is 4.74 Å². The van der Waals surface area contributed by atoms with E-state index in [2.05, 4.69) is 47.2 Å². The second-order valence-electron chi connectivity index (χ2n) is 7.00. The first-order valence-electron chi connectivity index (χ1n) is 9.01. The Morgan fingerprint density at radius 1 is 1.44 bits per heavy atom. The summed E-state index contributed by atoms with van der Waals surface area (Å²) >= 11 is 0. The van der Waals surface area contributed by atoms with Crippen molar-refractivity contribution in [2.75, 3.05) is 40.4 Å². The summed E-state index contributed by atoms with van der Waals surface area (Å²) in [4.78, 5) is 10.8. The number of hydrogen-bond acceptors (Lipinski definition) is 3. The molecule has 1 fully saturated rings. The molecule has 1 heterocycles. The van der Waals surface area contributed by atoms with Gasteiger partial charge in [-0.05, 0) is 36.3 Å². The van der Waals surface area contributed by atoms with Crippen LogP contribution in [0.25, 0.3) is 0 Å². The maximum Gasteiger partial charge on any atom is 0.193 e. The first kappa shape index (κ1) is 22.2.